The lowest BCUT2D eigenvalue weighted by molar-refractivity contribution is -0.142. The Bertz CT molecular complexity index is 423. The van der Waals surface area contributed by atoms with Crippen molar-refractivity contribution in [2.45, 2.75) is 89.6 Å². The molecule has 23 heavy (non-hydrogen) atoms. The van der Waals surface area contributed by atoms with Gasteiger partial charge in [-0.15, -0.1) is 0 Å². The molecule has 0 unspecified atom stereocenters. The number of aliphatic carboxylic acids is 1. The molecule has 1 amide bonds. The molecule has 2 atom stereocenters. The average molecular weight is 327 g/mol. The molecule has 1 saturated heterocycles. The summed E-state index contributed by atoms with van der Waals surface area (Å²) in [5, 5.41) is 9.39. The highest BCUT2D eigenvalue weighted by molar-refractivity contribution is 5.81. The third-order valence-corrected chi connectivity index (χ3v) is 4.36. The normalized spacial score (nSPS) is 26.8. The number of carboxylic acids is 1. The molecule has 6 nitrogen and oxygen atoms in total. The van der Waals surface area contributed by atoms with Gasteiger partial charge in [-0.1, -0.05) is 25.7 Å². The molecule has 2 rings (SSSR count). The number of ether oxygens (including phenoxy) is 2. The number of carbonyl (C=O) groups excluding carboxylic acids is 1. The molecule has 1 aliphatic heterocycles. The zero-order chi connectivity index (χ0) is 17.0. The van der Waals surface area contributed by atoms with Crippen LogP contribution in [0.5, 0.6) is 0 Å². The lowest BCUT2D eigenvalue weighted by Crippen LogP contribution is -2.43. The zero-order valence-corrected chi connectivity index (χ0v) is 14.4. The van der Waals surface area contributed by atoms with Crippen LogP contribution in [0.3, 0.4) is 0 Å². The predicted octanol–water partition coefficient (Wildman–Crippen LogP) is 3.19. The maximum Gasteiger partial charge on any atom is 0.411 e. The van der Waals surface area contributed by atoms with Crippen molar-refractivity contribution in [3.05, 3.63) is 0 Å². The Morgan fingerprint density at radius 3 is 2.17 bits per heavy atom. The predicted molar refractivity (Wildman–Crippen MR) is 85.3 cm³/mol. The van der Waals surface area contributed by atoms with Gasteiger partial charge in [0.25, 0.3) is 0 Å². The van der Waals surface area contributed by atoms with Crippen molar-refractivity contribution in [2.24, 2.45) is 0 Å². The van der Waals surface area contributed by atoms with Gasteiger partial charge in [0.15, 0.2) is 0 Å². The van der Waals surface area contributed by atoms with Gasteiger partial charge in [-0.05, 0) is 33.6 Å². The smallest absolute Gasteiger partial charge is 0.411 e. The monoisotopic (exact) mass is 327 g/mol. The second-order valence-electron chi connectivity index (χ2n) is 7.59. The number of carbonyl (C=O) groups is 2. The lowest BCUT2D eigenvalue weighted by atomic mass is 10.1. The van der Waals surface area contributed by atoms with E-state index in [1.165, 1.54) is 17.7 Å². The van der Waals surface area contributed by atoms with Gasteiger partial charge in [0.2, 0.25) is 0 Å². The Morgan fingerprint density at radius 2 is 1.65 bits per heavy atom. The minimum Gasteiger partial charge on any atom is -0.480 e. The van der Waals surface area contributed by atoms with E-state index in [-0.39, 0.29) is 12.2 Å². The van der Waals surface area contributed by atoms with E-state index in [0.717, 1.165) is 25.7 Å². The Kier molecular flexibility index (Phi) is 5.89. The summed E-state index contributed by atoms with van der Waals surface area (Å²) in [4.78, 5) is 25.0. The molecule has 1 aliphatic carbocycles. The Hall–Kier alpha value is -1.30. The van der Waals surface area contributed by atoms with E-state index in [4.69, 9.17) is 9.47 Å². The molecule has 2 aliphatic rings. The van der Waals surface area contributed by atoms with Crippen molar-refractivity contribution >= 4 is 12.1 Å². The Morgan fingerprint density at radius 1 is 1.04 bits per heavy atom. The largest absolute Gasteiger partial charge is 0.480 e. The van der Waals surface area contributed by atoms with Crippen LogP contribution < -0.4 is 0 Å². The first kappa shape index (κ1) is 18.0. The summed E-state index contributed by atoms with van der Waals surface area (Å²) >= 11 is 0. The minimum absolute atomic E-state index is 0.190. The Labute approximate surface area is 138 Å². The first-order chi connectivity index (χ1) is 10.8. The number of hydrogen-bond acceptors (Lipinski definition) is 4. The third kappa shape index (κ3) is 5.37. The SMILES string of the molecule is CC(C)(C)OC(=O)N1C[C@H](OC2CCCCCC2)C[C@H]1C(=O)O. The molecule has 6 heteroatoms. The molecule has 0 spiro atoms. The number of likely N-dealkylation sites (tertiary alicyclic amines) is 1. The van der Waals surface area contributed by atoms with Crippen LogP contribution in [0.2, 0.25) is 0 Å². The summed E-state index contributed by atoms with van der Waals surface area (Å²) in [7, 11) is 0. The lowest BCUT2D eigenvalue weighted by Gasteiger charge is -2.27. The second kappa shape index (κ2) is 7.51. The molecule has 132 valence electrons. The topological polar surface area (TPSA) is 76.1 Å². The molecular formula is C17H29NO5. The van der Waals surface area contributed by atoms with E-state index in [1.54, 1.807) is 20.8 Å². The van der Waals surface area contributed by atoms with Crippen LogP contribution in [0.4, 0.5) is 4.79 Å². The van der Waals surface area contributed by atoms with E-state index in [2.05, 4.69) is 0 Å². The summed E-state index contributed by atoms with van der Waals surface area (Å²) in [6, 6.07) is -0.861. The fourth-order valence-electron chi connectivity index (χ4n) is 3.30. The van der Waals surface area contributed by atoms with Crippen LogP contribution in [-0.4, -0.2) is 52.5 Å². The molecule has 1 heterocycles. The van der Waals surface area contributed by atoms with Crippen LogP contribution in [0.1, 0.15) is 65.7 Å². The maximum atomic E-state index is 12.3. The summed E-state index contributed by atoms with van der Waals surface area (Å²) < 4.78 is 11.4. The van der Waals surface area contributed by atoms with Gasteiger partial charge in [-0.2, -0.15) is 0 Å². The van der Waals surface area contributed by atoms with Crippen LogP contribution in [0.25, 0.3) is 0 Å². The van der Waals surface area contributed by atoms with E-state index >= 15 is 0 Å². The summed E-state index contributed by atoms with van der Waals surface area (Å²) in [5.41, 5.74) is -0.639. The van der Waals surface area contributed by atoms with Crippen LogP contribution in [0.15, 0.2) is 0 Å². The van der Waals surface area contributed by atoms with Crippen LogP contribution in [-0.2, 0) is 14.3 Å². The van der Waals surface area contributed by atoms with Crippen molar-refractivity contribution in [3.8, 4) is 0 Å². The molecule has 0 aromatic rings. The molecule has 0 aromatic carbocycles. The fourth-order valence-corrected chi connectivity index (χ4v) is 3.30. The quantitative estimate of drug-likeness (QED) is 0.806. The van der Waals surface area contributed by atoms with E-state index in [0.29, 0.717) is 13.0 Å². The molecular weight excluding hydrogens is 298 g/mol. The van der Waals surface area contributed by atoms with Gasteiger partial charge in [0.05, 0.1) is 18.8 Å². The van der Waals surface area contributed by atoms with Crippen molar-refractivity contribution < 1.29 is 24.2 Å². The molecule has 0 bridgehead atoms. The van der Waals surface area contributed by atoms with Crippen molar-refractivity contribution in [3.63, 3.8) is 0 Å². The van der Waals surface area contributed by atoms with Crippen LogP contribution in [0, 0.1) is 0 Å². The summed E-state index contributed by atoms with van der Waals surface area (Å²) in [6.07, 6.45) is 6.61. The zero-order valence-electron chi connectivity index (χ0n) is 14.4. The first-order valence-electron chi connectivity index (χ1n) is 8.64. The molecule has 0 radical (unpaired) electrons. The number of amides is 1. The van der Waals surface area contributed by atoms with Gasteiger partial charge in [0.1, 0.15) is 11.6 Å². The van der Waals surface area contributed by atoms with Gasteiger partial charge in [0, 0.05) is 6.42 Å². The summed E-state index contributed by atoms with van der Waals surface area (Å²) in [5.74, 6) is -0.997. The Balaban J connectivity index is 1.96. The van der Waals surface area contributed by atoms with Gasteiger partial charge < -0.3 is 14.6 Å². The number of rotatable bonds is 3. The van der Waals surface area contributed by atoms with Crippen molar-refractivity contribution in [2.75, 3.05) is 6.54 Å². The standard InChI is InChI=1S/C17H29NO5/c1-17(2,3)23-16(21)18-11-13(10-14(18)15(19)20)22-12-8-6-4-5-7-9-12/h12-14H,4-11H2,1-3H3,(H,19,20)/t13-,14+/m1/s1. The van der Waals surface area contributed by atoms with Crippen LogP contribution >= 0.6 is 0 Å². The second-order valence-corrected chi connectivity index (χ2v) is 7.59. The van der Waals surface area contributed by atoms with Gasteiger partial charge >= 0.3 is 12.1 Å². The highest BCUT2D eigenvalue weighted by atomic mass is 16.6. The van der Waals surface area contributed by atoms with E-state index in [9.17, 15) is 14.7 Å². The van der Waals surface area contributed by atoms with Crippen molar-refractivity contribution in [1.82, 2.24) is 4.90 Å². The number of carboxylic acid groups (broad SMARTS) is 1. The third-order valence-electron chi connectivity index (χ3n) is 4.36. The molecule has 1 saturated carbocycles. The molecule has 1 N–H and O–H groups in total. The van der Waals surface area contributed by atoms with Gasteiger partial charge in [-0.25, -0.2) is 9.59 Å². The van der Waals surface area contributed by atoms with E-state index in [1.807, 2.05) is 0 Å². The van der Waals surface area contributed by atoms with Gasteiger partial charge in [-0.3, -0.25) is 4.90 Å². The molecule has 0 aromatic heterocycles. The van der Waals surface area contributed by atoms with Crippen molar-refractivity contribution in [1.29, 1.82) is 0 Å². The average Bonchev–Trinajstić information content (AvgIpc) is 2.68. The molecule has 2 fully saturated rings. The highest BCUT2D eigenvalue weighted by Crippen LogP contribution is 2.27. The minimum atomic E-state index is -0.997. The number of nitrogens with zero attached hydrogens (tertiary/aromatic N) is 1. The highest BCUT2D eigenvalue weighted by Gasteiger charge is 2.42. The van der Waals surface area contributed by atoms with E-state index < -0.39 is 23.7 Å². The summed E-state index contributed by atoms with van der Waals surface area (Å²) in [6.45, 7) is 5.62. The number of hydrogen-bond donors (Lipinski definition) is 1. The first-order valence-corrected chi connectivity index (χ1v) is 8.64. The fraction of sp³-hybridized carbons (Fsp3) is 0.882. The maximum absolute atomic E-state index is 12.3.